The molecule has 0 atom stereocenters. The summed E-state index contributed by atoms with van der Waals surface area (Å²) in [6.07, 6.45) is 2.52. The highest BCUT2D eigenvalue weighted by Crippen LogP contribution is 2.37. The van der Waals surface area contributed by atoms with Gasteiger partial charge in [-0.2, -0.15) is 4.68 Å². The molecular formula is C21H23N3O3S. The highest BCUT2D eigenvalue weighted by atomic mass is 32.1. The van der Waals surface area contributed by atoms with Crippen LogP contribution in [0.5, 0.6) is 0 Å². The van der Waals surface area contributed by atoms with Crippen molar-refractivity contribution in [3.63, 3.8) is 0 Å². The Morgan fingerprint density at radius 1 is 1.36 bits per heavy atom. The van der Waals surface area contributed by atoms with Crippen molar-refractivity contribution in [1.82, 2.24) is 9.66 Å². The standard InChI is InChI=1S/C21H23N3O3S/c1-4-26-13-22-24-17(10-14-8-6-5-7-9-14)23-19-18(20(24)25)15-11-21(2,3)27-12-16(15)28-19/h5-9,13H,4,10-12H2,1-3H3/b22-13+. The summed E-state index contributed by atoms with van der Waals surface area (Å²) in [4.78, 5) is 20.1. The van der Waals surface area contributed by atoms with Crippen LogP contribution < -0.4 is 5.56 Å². The number of hydrogen-bond donors (Lipinski definition) is 0. The van der Waals surface area contributed by atoms with E-state index in [-0.39, 0.29) is 11.2 Å². The molecule has 28 heavy (non-hydrogen) atoms. The molecule has 0 saturated heterocycles. The predicted octanol–water partition coefficient (Wildman–Crippen LogP) is 3.73. The molecule has 1 aliphatic heterocycles. The zero-order chi connectivity index (χ0) is 19.7. The SMILES string of the molecule is CCO/C=N/n1c(Cc2ccccc2)nc2sc3c(c2c1=O)CC(C)(C)OC3. The lowest BCUT2D eigenvalue weighted by molar-refractivity contribution is -0.0379. The van der Waals surface area contributed by atoms with Gasteiger partial charge in [-0.25, -0.2) is 4.98 Å². The Bertz CT molecular complexity index is 1080. The summed E-state index contributed by atoms with van der Waals surface area (Å²) in [5, 5.41) is 4.93. The third-order valence-corrected chi connectivity index (χ3v) is 5.86. The molecule has 1 aromatic carbocycles. The molecule has 0 N–H and O–H groups in total. The maximum atomic E-state index is 13.4. The van der Waals surface area contributed by atoms with Crippen molar-refractivity contribution in [2.45, 2.75) is 45.8 Å². The number of fused-ring (bicyclic) bond motifs is 3. The van der Waals surface area contributed by atoms with Crippen molar-refractivity contribution in [2.24, 2.45) is 5.10 Å². The number of thiophene rings is 1. The fourth-order valence-electron chi connectivity index (χ4n) is 3.39. The Morgan fingerprint density at radius 2 is 2.14 bits per heavy atom. The zero-order valence-corrected chi connectivity index (χ0v) is 17.1. The first-order valence-corrected chi connectivity index (χ1v) is 10.2. The predicted molar refractivity (Wildman–Crippen MR) is 111 cm³/mol. The van der Waals surface area contributed by atoms with Gasteiger partial charge < -0.3 is 9.47 Å². The number of hydrogen-bond acceptors (Lipinski definition) is 6. The first-order valence-electron chi connectivity index (χ1n) is 9.37. The van der Waals surface area contributed by atoms with Crippen LogP contribution in [0.1, 0.15) is 42.6 Å². The van der Waals surface area contributed by atoms with Crippen LogP contribution >= 0.6 is 11.3 Å². The molecule has 6 nitrogen and oxygen atoms in total. The van der Waals surface area contributed by atoms with Crippen LogP contribution in [0.3, 0.4) is 0 Å². The van der Waals surface area contributed by atoms with Gasteiger partial charge in [0.05, 0.1) is 24.2 Å². The van der Waals surface area contributed by atoms with Crippen LogP contribution in [-0.2, 0) is 28.9 Å². The molecule has 4 rings (SSSR count). The number of nitrogens with zero attached hydrogens (tertiary/aromatic N) is 3. The fraction of sp³-hybridized carbons (Fsp3) is 0.381. The van der Waals surface area contributed by atoms with Crippen molar-refractivity contribution in [1.29, 1.82) is 0 Å². The van der Waals surface area contributed by atoms with E-state index in [1.165, 1.54) is 11.1 Å². The van der Waals surface area contributed by atoms with Gasteiger partial charge in [0.2, 0.25) is 0 Å². The summed E-state index contributed by atoms with van der Waals surface area (Å²) >= 11 is 1.54. The first kappa shape index (κ1) is 18.8. The number of aromatic nitrogens is 2. The van der Waals surface area contributed by atoms with Gasteiger partial charge >= 0.3 is 0 Å². The van der Waals surface area contributed by atoms with E-state index in [1.54, 1.807) is 11.3 Å². The second kappa shape index (κ2) is 7.48. The maximum Gasteiger partial charge on any atom is 0.283 e. The first-order chi connectivity index (χ1) is 13.5. The van der Waals surface area contributed by atoms with Gasteiger partial charge in [0.15, 0.2) is 6.40 Å². The summed E-state index contributed by atoms with van der Waals surface area (Å²) in [6, 6.07) is 9.95. The van der Waals surface area contributed by atoms with Crippen LogP contribution in [0.4, 0.5) is 0 Å². The topological polar surface area (TPSA) is 65.7 Å². The van der Waals surface area contributed by atoms with Crippen molar-refractivity contribution in [2.75, 3.05) is 6.61 Å². The van der Waals surface area contributed by atoms with Crippen LogP contribution in [0, 0.1) is 0 Å². The summed E-state index contributed by atoms with van der Waals surface area (Å²) in [6.45, 7) is 6.96. The molecule has 2 aromatic heterocycles. The van der Waals surface area contributed by atoms with E-state index in [2.05, 4.69) is 5.10 Å². The number of benzene rings is 1. The van der Waals surface area contributed by atoms with Gasteiger partial charge in [0, 0.05) is 17.7 Å². The quantitative estimate of drug-likeness (QED) is 0.486. The molecule has 0 bridgehead atoms. The molecule has 0 saturated carbocycles. The smallest absolute Gasteiger partial charge is 0.283 e. The summed E-state index contributed by atoms with van der Waals surface area (Å²) in [5.41, 5.74) is 1.66. The van der Waals surface area contributed by atoms with Crippen LogP contribution in [0.25, 0.3) is 10.2 Å². The third-order valence-electron chi connectivity index (χ3n) is 4.76. The molecule has 1 aliphatic rings. The molecule has 0 aliphatic carbocycles. The van der Waals surface area contributed by atoms with E-state index in [0.29, 0.717) is 37.3 Å². The Kier molecular flexibility index (Phi) is 5.03. The Balaban J connectivity index is 1.88. The fourth-order valence-corrected chi connectivity index (χ4v) is 4.51. The molecule has 7 heteroatoms. The normalized spacial score (nSPS) is 15.8. The summed E-state index contributed by atoms with van der Waals surface area (Å²) in [5.74, 6) is 0.596. The van der Waals surface area contributed by atoms with Crippen molar-refractivity contribution < 1.29 is 9.47 Å². The summed E-state index contributed by atoms with van der Waals surface area (Å²) in [7, 11) is 0. The number of ether oxygens (including phenoxy) is 2. The van der Waals surface area contributed by atoms with E-state index in [9.17, 15) is 4.79 Å². The number of rotatable bonds is 5. The Labute approximate surface area is 167 Å². The van der Waals surface area contributed by atoms with E-state index in [0.717, 1.165) is 20.8 Å². The molecule has 0 amide bonds. The summed E-state index contributed by atoms with van der Waals surface area (Å²) < 4.78 is 12.5. The van der Waals surface area contributed by atoms with E-state index in [4.69, 9.17) is 14.5 Å². The zero-order valence-electron chi connectivity index (χ0n) is 16.3. The van der Waals surface area contributed by atoms with Crippen molar-refractivity contribution in [3.8, 4) is 0 Å². The third kappa shape index (κ3) is 3.59. The minimum Gasteiger partial charge on any atom is -0.482 e. The lowest BCUT2D eigenvalue weighted by atomic mass is 9.94. The van der Waals surface area contributed by atoms with E-state index < -0.39 is 0 Å². The van der Waals surface area contributed by atoms with E-state index >= 15 is 0 Å². The highest BCUT2D eigenvalue weighted by Gasteiger charge is 2.31. The largest absolute Gasteiger partial charge is 0.482 e. The molecule has 0 unspecified atom stereocenters. The molecule has 146 valence electrons. The molecule has 0 radical (unpaired) electrons. The highest BCUT2D eigenvalue weighted by molar-refractivity contribution is 7.18. The maximum absolute atomic E-state index is 13.4. The van der Waals surface area contributed by atoms with Crippen LogP contribution in [0.15, 0.2) is 40.2 Å². The van der Waals surface area contributed by atoms with Gasteiger partial charge in [-0.15, -0.1) is 16.4 Å². The van der Waals surface area contributed by atoms with Crippen molar-refractivity contribution >= 4 is 28.0 Å². The molecule has 0 spiro atoms. The average molecular weight is 398 g/mol. The minimum atomic E-state index is -0.296. The monoisotopic (exact) mass is 397 g/mol. The molecule has 0 fully saturated rings. The van der Waals surface area contributed by atoms with Crippen LogP contribution in [0.2, 0.25) is 0 Å². The second-order valence-electron chi connectivity index (χ2n) is 7.39. The van der Waals surface area contributed by atoms with Gasteiger partial charge in [-0.05, 0) is 31.9 Å². The van der Waals surface area contributed by atoms with Gasteiger partial charge in [-0.3, -0.25) is 4.79 Å². The lowest BCUT2D eigenvalue weighted by Gasteiger charge is -2.29. The van der Waals surface area contributed by atoms with Gasteiger partial charge in [-0.1, -0.05) is 30.3 Å². The molecule has 3 heterocycles. The Morgan fingerprint density at radius 3 is 2.89 bits per heavy atom. The van der Waals surface area contributed by atoms with Gasteiger partial charge in [0.1, 0.15) is 10.7 Å². The molecule has 3 aromatic rings. The minimum absolute atomic E-state index is 0.151. The van der Waals surface area contributed by atoms with Gasteiger partial charge in [0.25, 0.3) is 5.56 Å². The average Bonchev–Trinajstić information content (AvgIpc) is 3.01. The molecular weight excluding hydrogens is 374 g/mol. The van der Waals surface area contributed by atoms with Crippen LogP contribution in [-0.4, -0.2) is 28.3 Å². The lowest BCUT2D eigenvalue weighted by Crippen LogP contribution is -2.32. The second-order valence-corrected chi connectivity index (χ2v) is 8.48. The Hall–Kier alpha value is -2.51. The van der Waals surface area contributed by atoms with Crippen molar-refractivity contribution in [3.05, 3.63) is 62.5 Å². The van der Waals surface area contributed by atoms with E-state index in [1.807, 2.05) is 51.1 Å².